The Kier molecular flexibility index (Phi) is 7.13. The Morgan fingerprint density at radius 3 is 2.18 bits per heavy atom. The summed E-state index contributed by atoms with van der Waals surface area (Å²) in [7, 11) is 0. The van der Waals surface area contributed by atoms with Gasteiger partial charge in [0.25, 0.3) is 5.91 Å². The maximum atomic E-state index is 13.5. The first-order valence-corrected chi connectivity index (χ1v) is 11.4. The van der Waals surface area contributed by atoms with Crippen LogP contribution in [-0.2, 0) is 4.79 Å². The summed E-state index contributed by atoms with van der Waals surface area (Å²) in [6.45, 7) is 2.45. The first-order chi connectivity index (χ1) is 16.4. The van der Waals surface area contributed by atoms with Crippen molar-refractivity contribution in [2.24, 2.45) is 5.73 Å². The Morgan fingerprint density at radius 1 is 0.882 bits per heavy atom. The molecule has 1 fully saturated rings. The van der Waals surface area contributed by atoms with E-state index in [1.54, 1.807) is 29.2 Å². The van der Waals surface area contributed by atoms with E-state index in [1.165, 1.54) is 0 Å². The number of rotatable bonds is 6. The molecule has 1 heterocycles. The number of amides is 2. The minimum atomic E-state index is -0.822. The summed E-state index contributed by atoms with van der Waals surface area (Å²) in [5.41, 5.74) is 8.13. The van der Waals surface area contributed by atoms with E-state index in [-0.39, 0.29) is 11.7 Å². The zero-order valence-electron chi connectivity index (χ0n) is 18.6. The van der Waals surface area contributed by atoms with Crippen molar-refractivity contribution in [1.82, 2.24) is 10.2 Å². The molecule has 7 nitrogen and oxygen atoms in total. The van der Waals surface area contributed by atoms with Crippen molar-refractivity contribution in [3.05, 3.63) is 101 Å². The molecule has 4 N–H and O–H groups in total. The molecule has 0 aromatic heterocycles. The van der Waals surface area contributed by atoms with Crippen LogP contribution < -0.4 is 16.0 Å². The number of piperazine rings is 1. The highest BCUT2D eigenvalue weighted by Gasteiger charge is 2.30. The van der Waals surface area contributed by atoms with Gasteiger partial charge in [0, 0.05) is 48.0 Å². The normalized spacial score (nSPS) is 14.4. The Labute approximate surface area is 203 Å². The number of carbonyl (C=O) groups excluding carboxylic acids is 2. The summed E-state index contributed by atoms with van der Waals surface area (Å²) in [5, 5.41) is 11.2. The van der Waals surface area contributed by atoms with Crippen LogP contribution in [0.4, 0.5) is 5.69 Å². The number of hydrogen-bond donors (Lipinski definition) is 3. The van der Waals surface area contributed by atoms with Gasteiger partial charge in [-0.25, -0.2) is 0 Å². The smallest absolute Gasteiger partial charge is 0.252 e. The number of nitrogens with zero attached hydrogens (tertiary/aromatic N) is 2. The molecule has 0 unspecified atom stereocenters. The second-order valence-electron chi connectivity index (χ2n) is 8.10. The summed E-state index contributed by atoms with van der Waals surface area (Å²) in [6.07, 6.45) is 0. The van der Waals surface area contributed by atoms with Crippen molar-refractivity contribution in [1.29, 1.82) is 5.41 Å². The van der Waals surface area contributed by atoms with E-state index in [0.717, 1.165) is 5.69 Å². The number of halogens is 1. The Hall–Kier alpha value is -3.84. The van der Waals surface area contributed by atoms with Crippen LogP contribution in [0.15, 0.2) is 78.9 Å². The number of nitrogens with two attached hydrogens (primary N) is 1. The molecule has 0 radical (unpaired) electrons. The van der Waals surface area contributed by atoms with Gasteiger partial charge >= 0.3 is 0 Å². The van der Waals surface area contributed by atoms with Crippen LogP contribution in [0, 0.1) is 5.41 Å². The standard InChI is InChI=1S/C26H26ClN5O2/c27-21-9-11-22(12-10-21)31-13-15-32(16-14-31)26(34)23(18-5-2-1-3-6-18)30-25(33)20-8-4-7-19(17-20)24(28)29/h1-12,17,23H,13-16H2,(H3,28,29)(H,30,33)/t23-/m1/s1. The Balaban J connectivity index is 1.49. The zero-order chi connectivity index (χ0) is 24.1. The summed E-state index contributed by atoms with van der Waals surface area (Å²) < 4.78 is 0. The third-order valence-corrected chi connectivity index (χ3v) is 6.13. The number of nitrogens with one attached hydrogen (secondary N) is 2. The average molecular weight is 476 g/mol. The molecule has 34 heavy (non-hydrogen) atoms. The summed E-state index contributed by atoms with van der Waals surface area (Å²) >= 11 is 6.00. The van der Waals surface area contributed by atoms with Gasteiger partial charge in [0.05, 0.1) is 0 Å². The summed E-state index contributed by atoms with van der Waals surface area (Å²) in [6, 6.07) is 22.6. The molecule has 1 saturated heterocycles. The first kappa shape index (κ1) is 23.3. The number of carbonyl (C=O) groups is 2. The van der Waals surface area contributed by atoms with E-state index >= 15 is 0 Å². The number of hydrogen-bond acceptors (Lipinski definition) is 4. The van der Waals surface area contributed by atoms with Crippen molar-refractivity contribution in [3.63, 3.8) is 0 Å². The zero-order valence-corrected chi connectivity index (χ0v) is 19.3. The van der Waals surface area contributed by atoms with Crippen LogP contribution in [-0.4, -0.2) is 48.7 Å². The molecule has 3 aromatic rings. The predicted molar refractivity (Wildman–Crippen MR) is 134 cm³/mol. The number of nitrogen functional groups attached to an aromatic ring is 1. The molecule has 8 heteroatoms. The van der Waals surface area contributed by atoms with Crippen LogP contribution in [0.1, 0.15) is 27.5 Å². The minimum absolute atomic E-state index is 0.121. The molecule has 2 amide bonds. The first-order valence-electron chi connectivity index (χ1n) is 11.0. The van der Waals surface area contributed by atoms with E-state index in [0.29, 0.717) is 47.9 Å². The molecule has 1 aliphatic rings. The van der Waals surface area contributed by atoms with Gasteiger partial charge in [-0.1, -0.05) is 54.1 Å². The molecular weight excluding hydrogens is 450 g/mol. The van der Waals surface area contributed by atoms with Gasteiger partial charge in [-0.2, -0.15) is 0 Å². The largest absolute Gasteiger partial charge is 0.384 e. The van der Waals surface area contributed by atoms with E-state index in [1.807, 2.05) is 54.6 Å². The van der Waals surface area contributed by atoms with Crippen LogP contribution in [0.25, 0.3) is 0 Å². The van der Waals surface area contributed by atoms with E-state index < -0.39 is 11.9 Å². The second kappa shape index (κ2) is 10.4. The molecule has 0 saturated carbocycles. The van der Waals surface area contributed by atoms with E-state index in [9.17, 15) is 9.59 Å². The molecule has 0 bridgehead atoms. The lowest BCUT2D eigenvalue weighted by Crippen LogP contribution is -2.52. The number of anilines is 1. The van der Waals surface area contributed by atoms with Gasteiger partial charge in [-0.3, -0.25) is 15.0 Å². The van der Waals surface area contributed by atoms with Crippen molar-refractivity contribution < 1.29 is 9.59 Å². The molecule has 0 spiro atoms. The monoisotopic (exact) mass is 475 g/mol. The Bertz CT molecular complexity index is 1180. The SMILES string of the molecule is N=C(N)c1cccc(C(=O)N[C@@H](C(=O)N2CCN(c3ccc(Cl)cc3)CC2)c2ccccc2)c1. The van der Waals surface area contributed by atoms with Crippen molar-refractivity contribution in [2.75, 3.05) is 31.1 Å². The number of amidine groups is 1. The van der Waals surface area contributed by atoms with Crippen molar-refractivity contribution in [2.45, 2.75) is 6.04 Å². The maximum absolute atomic E-state index is 13.5. The molecule has 3 aromatic carbocycles. The van der Waals surface area contributed by atoms with Gasteiger partial charge in [0.15, 0.2) is 0 Å². The van der Waals surface area contributed by atoms with Crippen LogP contribution >= 0.6 is 11.6 Å². The summed E-state index contributed by atoms with van der Waals surface area (Å²) in [5.74, 6) is -0.674. The van der Waals surface area contributed by atoms with Crippen molar-refractivity contribution >= 4 is 34.9 Å². The highest BCUT2D eigenvalue weighted by molar-refractivity contribution is 6.30. The van der Waals surface area contributed by atoms with E-state index in [4.69, 9.17) is 22.7 Å². The quantitative estimate of drug-likeness (QED) is 0.375. The molecule has 1 atom stereocenters. The molecule has 0 aliphatic carbocycles. The van der Waals surface area contributed by atoms with Crippen molar-refractivity contribution in [3.8, 4) is 0 Å². The topological polar surface area (TPSA) is 103 Å². The van der Waals surface area contributed by atoms with Gasteiger partial charge in [-0.05, 0) is 42.0 Å². The summed E-state index contributed by atoms with van der Waals surface area (Å²) in [4.78, 5) is 30.6. The lowest BCUT2D eigenvalue weighted by Gasteiger charge is -2.37. The lowest BCUT2D eigenvalue weighted by molar-refractivity contribution is -0.133. The maximum Gasteiger partial charge on any atom is 0.252 e. The van der Waals surface area contributed by atoms with Crippen LogP contribution in [0.2, 0.25) is 5.02 Å². The van der Waals surface area contributed by atoms with Gasteiger partial charge in [0.2, 0.25) is 5.91 Å². The second-order valence-corrected chi connectivity index (χ2v) is 8.54. The lowest BCUT2D eigenvalue weighted by atomic mass is 10.0. The van der Waals surface area contributed by atoms with E-state index in [2.05, 4.69) is 10.2 Å². The predicted octanol–water partition coefficient (Wildman–Crippen LogP) is 3.44. The fourth-order valence-corrected chi connectivity index (χ4v) is 4.12. The van der Waals surface area contributed by atoms with Gasteiger partial charge in [0.1, 0.15) is 11.9 Å². The molecule has 4 rings (SSSR count). The Morgan fingerprint density at radius 2 is 1.53 bits per heavy atom. The highest BCUT2D eigenvalue weighted by Crippen LogP contribution is 2.22. The van der Waals surface area contributed by atoms with Crippen LogP contribution in [0.5, 0.6) is 0 Å². The van der Waals surface area contributed by atoms with Gasteiger partial charge < -0.3 is 20.9 Å². The molecular formula is C26H26ClN5O2. The third-order valence-electron chi connectivity index (χ3n) is 5.87. The fraction of sp³-hybridized carbons (Fsp3) is 0.192. The van der Waals surface area contributed by atoms with Gasteiger partial charge in [-0.15, -0.1) is 0 Å². The number of benzene rings is 3. The van der Waals surface area contributed by atoms with Crippen LogP contribution in [0.3, 0.4) is 0 Å². The average Bonchev–Trinajstić information content (AvgIpc) is 2.88. The highest BCUT2D eigenvalue weighted by atomic mass is 35.5. The molecule has 1 aliphatic heterocycles. The minimum Gasteiger partial charge on any atom is -0.384 e. The fourth-order valence-electron chi connectivity index (χ4n) is 4.00. The molecule has 174 valence electrons. The third kappa shape index (κ3) is 5.38.